The molecule has 1 aromatic carbocycles. The van der Waals surface area contributed by atoms with Gasteiger partial charge in [0, 0.05) is 29.7 Å². The van der Waals surface area contributed by atoms with Crippen LogP contribution in [0.4, 0.5) is 5.69 Å². The average Bonchev–Trinajstić information content (AvgIpc) is 3.21. The summed E-state index contributed by atoms with van der Waals surface area (Å²) >= 11 is 0. The minimum Gasteiger partial charge on any atom is -0.366 e. The summed E-state index contributed by atoms with van der Waals surface area (Å²) in [5, 5.41) is 6.74. The van der Waals surface area contributed by atoms with Gasteiger partial charge < -0.3 is 4.90 Å². The molecule has 0 spiro atoms. The van der Waals surface area contributed by atoms with E-state index in [4.69, 9.17) is 5.10 Å². The van der Waals surface area contributed by atoms with Crippen molar-refractivity contribution in [1.82, 2.24) is 5.01 Å². The molecule has 0 aromatic heterocycles. The number of hydrogen-bond acceptors (Lipinski definition) is 3. The van der Waals surface area contributed by atoms with E-state index in [1.165, 1.54) is 55.3 Å². The molecule has 2 heterocycles. The number of benzene rings is 1. The van der Waals surface area contributed by atoms with Gasteiger partial charge in [0.2, 0.25) is 0 Å². The Morgan fingerprint density at radius 2 is 1.59 bits per heavy atom. The second-order valence-corrected chi connectivity index (χ2v) is 14.8. The summed E-state index contributed by atoms with van der Waals surface area (Å²) in [7, 11) is 0. The highest BCUT2D eigenvalue weighted by atomic mass is 16.2. The summed E-state index contributed by atoms with van der Waals surface area (Å²) in [5.74, 6) is 1.75. The number of fused-ring (bicyclic) bond motifs is 1. The number of aryl methyl sites for hydroxylation is 1. The van der Waals surface area contributed by atoms with Gasteiger partial charge in [0.1, 0.15) is 0 Å². The predicted octanol–water partition coefficient (Wildman–Crippen LogP) is 10.1. The molecule has 230 valence electrons. The van der Waals surface area contributed by atoms with Gasteiger partial charge in [0.25, 0.3) is 5.91 Å². The number of rotatable bonds is 13. The van der Waals surface area contributed by atoms with Crippen molar-refractivity contribution in [3.05, 3.63) is 34.4 Å². The molecule has 0 fully saturated rings. The zero-order valence-corrected chi connectivity index (χ0v) is 28.5. The fourth-order valence-corrected chi connectivity index (χ4v) is 6.91. The Kier molecular flexibility index (Phi) is 11.3. The van der Waals surface area contributed by atoms with Gasteiger partial charge in [-0.05, 0) is 92.7 Å². The second-order valence-electron chi connectivity index (χ2n) is 14.8. The molecular formula is C37H61N3O. The molecule has 0 aliphatic carbocycles. The first-order valence-corrected chi connectivity index (χ1v) is 16.8. The number of hydrazone groups is 1. The maximum Gasteiger partial charge on any atom is 0.275 e. The van der Waals surface area contributed by atoms with Crippen LogP contribution in [0.25, 0.3) is 6.08 Å². The van der Waals surface area contributed by atoms with Gasteiger partial charge in [-0.25, -0.2) is 5.01 Å². The van der Waals surface area contributed by atoms with Gasteiger partial charge in [-0.2, -0.15) is 5.10 Å². The van der Waals surface area contributed by atoms with Crippen LogP contribution in [0.15, 0.2) is 22.8 Å². The molecule has 0 saturated heterocycles. The molecule has 0 N–H and O–H groups in total. The van der Waals surface area contributed by atoms with E-state index in [2.05, 4.69) is 99.3 Å². The van der Waals surface area contributed by atoms with Crippen LogP contribution in [0, 0.1) is 24.2 Å². The summed E-state index contributed by atoms with van der Waals surface area (Å²) in [6, 6.07) is 4.80. The molecule has 0 saturated carbocycles. The van der Waals surface area contributed by atoms with E-state index in [0.29, 0.717) is 18.4 Å². The van der Waals surface area contributed by atoms with Crippen molar-refractivity contribution in [2.24, 2.45) is 22.4 Å². The molecule has 0 bridgehead atoms. The van der Waals surface area contributed by atoms with E-state index in [0.717, 1.165) is 48.6 Å². The minimum atomic E-state index is -0.203. The lowest BCUT2D eigenvalue weighted by Crippen LogP contribution is -2.50. The molecule has 0 radical (unpaired) electrons. The monoisotopic (exact) mass is 563 g/mol. The fraction of sp³-hybridized carbons (Fsp3) is 0.730. The third kappa shape index (κ3) is 7.85. The van der Waals surface area contributed by atoms with Gasteiger partial charge in [-0.1, -0.05) is 93.9 Å². The molecule has 3 rings (SSSR count). The smallest absolute Gasteiger partial charge is 0.275 e. The number of amides is 1. The molecule has 41 heavy (non-hydrogen) atoms. The highest BCUT2D eigenvalue weighted by Gasteiger charge is 2.39. The van der Waals surface area contributed by atoms with Gasteiger partial charge in [-0.15, -0.1) is 0 Å². The normalized spacial score (nSPS) is 21.3. The Labute approximate surface area is 253 Å². The topological polar surface area (TPSA) is 35.9 Å². The molecule has 3 atom stereocenters. The van der Waals surface area contributed by atoms with E-state index in [1.54, 1.807) is 5.01 Å². The first-order valence-electron chi connectivity index (χ1n) is 16.8. The van der Waals surface area contributed by atoms with Crippen molar-refractivity contribution >= 4 is 23.4 Å². The van der Waals surface area contributed by atoms with E-state index in [-0.39, 0.29) is 16.9 Å². The number of nitrogens with zero attached hydrogens (tertiary/aromatic N) is 3. The lowest BCUT2D eigenvalue weighted by Gasteiger charge is -2.49. The quantitative estimate of drug-likeness (QED) is 0.224. The summed E-state index contributed by atoms with van der Waals surface area (Å²) in [4.78, 5) is 16.6. The fourth-order valence-electron chi connectivity index (χ4n) is 6.91. The first kappa shape index (κ1) is 33.4. The van der Waals surface area contributed by atoms with Crippen LogP contribution >= 0.6 is 0 Å². The third-order valence-electron chi connectivity index (χ3n) is 9.68. The number of unbranched alkanes of at least 4 members (excludes halogenated alkanes) is 2. The van der Waals surface area contributed by atoms with E-state index >= 15 is 0 Å². The Bertz CT molecular complexity index is 1110. The number of carbonyl (C=O) groups excluding carboxylic acids is 1. The van der Waals surface area contributed by atoms with E-state index in [9.17, 15) is 4.79 Å². The third-order valence-corrected chi connectivity index (χ3v) is 9.68. The van der Waals surface area contributed by atoms with Gasteiger partial charge in [-0.3, -0.25) is 4.79 Å². The number of hydrogen-bond donors (Lipinski definition) is 0. The summed E-state index contributed by atoms with van der Waals surface area (Å²) in [5.41, 5.74) is 6.84. The van der Waals surface area contributed by atoms with Crippen LogP contribution in [-0.4, -0.2) is 35.3 Å². The van der Waals surface area contributed by atoms with Crippen molar-refractivity contribution in [2.75, 3.05) is 18.0 Å². The minimum absolute atomic E-state index is 0.0690. The molecule has 4 nitrogen and oxygen atoms in total. The molecule has 1 amide bonds. The maximum atomic E-state index is 13.9. The van der Waals surface area contributed by atoms with Gasteiger partial charge >= 0.3 is 0 Å². The number of carbonyl (C=O) groups is 1. The molecular weight excluding hydrogens is 502 g/mol. The summed E-state index contributed by atoms with van der Waals surface area (Å²) < 4.78 is 0. The maximum absolute atomic E-state index is 13.9. The van der Waals surface area contributed by atoms with Crippen LogP contribution in [-0.2, 0) is 4.79 Å². The molecule has 4 heteroatoms. The lowest BCUT2D eigenvalue weighted by molar-refractivity contribution is -0.126. The van der Waals surface area contributed by atoms with Crippen LogP contribution in [0.5, 0.6) is 0 Å². The second kappa shape index (κ2) is 13.9. The lowest BCUT2D eigenvalue weighted by atomic mass is 9.78. The average molecular weight is 564 g/mol. The SMILES string of the molecule is CCCCC(CC)CN1N=C(C(C)(C)C)C(=Cc2cc3c(cc2C)N(CC(CC)CCCC)C(C)(C)CC3C)C1=O. The van der Waals surface area contributed by atoms with E-state index < -0.39 is 0 Å². The number of anilines is 1. The van der Waals surface area contributed by atoms with Crippen molar-refractivity contribution < 1.29 is 4.79 Å². The van der Waals surface area contributed by atoms with E-state index in [1.807, 2.05) is 0 Å². The summed E-state index contributed by atoms with van der Waals surface area (Å²) in [6.07, 6.45) is 13.0. The van der Waals surface area contributed by atoms with Crippen molar-refractivity contribution in [2.45, 2.75) is 145 Å². The molecule has 2 aliphatic rings. The molecule has 2 aliphatic heterocycles. The standard InChI is InChI=1S/C37H61N3O/c1-12-16-18-28(14-3)24-39-33-20-26(5)30(21-31(33)27(6)23-37(39,10)11)22-32-34(36(7,8)9)38-40(35(32)41)25-29(15-4)19-17-13-2/h20-22,27-29H,12-19,23-25H2,1-11H3. The largest absolute Gasteiger partial charge is 0.366 e. The Hall–Kier alpha value is -2.10. The van der Waals surface area contributed by atoms with Gasteiger partial charge in [0.05, 0.1) is 11.3 Å². The van der Waals surface area contributed by atoms with Gasteiger partial charge in [0.15, 0.2) is 0 Å². The first-order chi connectivity index (χ1) is 19.3. The predicted molar refractivity (Wildman–Crippen MR) is 179 cm³/mol. The highest BCUT2D eigenvalue weighted by molar-refractivity contribution is 6.29. The Morgan fingerprint density at radius 3 is 2.12 bits per heavy atom. The van der Waals surface area contributed by atoms with Crippen molar-refractivity contribution in [3.8, 4) is 0 Å². The van der Waals surface area contributed by atoms with Crippen LogP contribution in [0.2, 0.25) is 0 Å². The van der Waals surface area contributed by atoms with Crippen molar-refractivity contribution in [1.29, 1.82) is 0 Å². The zero-order chi connectivity index (χ0) is 30.5. The zero-order valence-electron chi connectivity index (χ0n) is 28.5. The van der Waals surface area contributed by atoms with Crippen molar-refractivity contribution in [3.63, 3.8) is 0 Å². The molecule has 1 aromatic rings. The Morgan fingerprint density at radius 1 is 1.00 bits per heavy atom. The van der Waals surface area contributed by atoms with Crippen LogP contribution in [0.3, 0.4) is 0 Å². The van der Waals surface area contributed by atoms with Crippen LogP contribution < -0.4 is 4.90 Å². The Balaban J connectivity index is 2.01. The summed E-state index contributed by atoms with van der Waals surface area (Å²) in [6.45, 7) is 26.9. The highest BCUT2D eigenvalue weighted by Crippen LogP contribution is 2.45. The van der Waals surface area contributed by atoms with Crippen LogP contribution in [0.1, 0.15) is 150 Å². The molecule has 3 unspecified atom stereocenters.